The van der Waals surface area contributed by atoms with Gasteiger partial charge in [-0.2, -0.15) is 5.26 Å². The molecular weight excluding hydrogens is 368 g/mol. The van der Waals surface area contributed by atoms with Crippen LogP contribution >= 0.6 is 15.9 Å². The first-order valence-electron chi connectivity index (χ1n) is 7.35. The molecule has 1 amide bonds. The molecular formula is C19H19BrN2O2. The van der Waals surface area contributed by atoms with Crippen LogP contribution in [0.25, 0.3) is 6.08 Å². The Labute approximate surface area is 151 Å². The number of hydrogen-bond donors (Lipinski definition) is 1. The van der Waals surface area contributed by atoms with Gasteiger partial charge < -0.3 is 10.1 Å². The quantitative estimate of drug-likeness (QED) is 0.337. The average Bonchev–Trinajstić information content (AvgIpc) is 2.51. The van der Waals surface area contributed by atoms with Crippen LogP contribution in [0.2, 0.25) is 0 Å². The van der Waals surface area contributed by atoms with E-state index in [-0.39, 0.29) is 18.2 Å². The molecule has 0 aromatic heterocycles. The van der Waals surface area contributed by atoms with Gasteiger partial charge in [0.1, 0.15) is 24.0 Å². The maximum absolute atomic E-state index is 12.0. The van der Waals surface area contributed by atoms with Crippen molar-refractivity contribution in [3.63, 3.8) is 0 Å². The van der Waals surface area contributed by atoms with E-state index in [1.54, 1.807) is 18.2 Å². The molecule has 0 radical (unpaired) electrons. The van der Waals surface area contributed by atoms with Crippen LogP contribution in [0.4, 0.5) is 0 Å². The Kier molecular flexibility index (Phi) is 7.82. The van der Waals surface area contributed by atoms with Crippen molar-refractivity contribution in [1.29, 1.82) is 5.26 Å². The molecule has 0 saturated heterocycles. The summed E-state index contributed by atoms with van der Waals surface area (Å²) >= 11 is 3.45. The molecule has 0 spiro atoms. The molecule has 1 N–H and O–H groups in total. The summed E-state index contributed by atoms with van der Waals surface area (Å²) in [6.07, 6.45) is 9.09. The summed E-state index contributed by atoms with van der Waals surface area (Å²) in [6.45, 7) is 7.56. The Balaban J connectivity index is 3.27. The second-order valence-corrected chi connectivity index (χ2v) is 6.13. The molecule has 0 heterocycles. The van der Waals surface area contributed by atoms with Crippen molar-refractivity contribution in [2.45, 2.75) is 26.3 Å². The van der Waals surface area contributed by atoms with E-state index in [9.17, 15) is 10.1 Å². The molecule has 0 saturated carbocycles. The van der Waals surface area contributed by atoms with Crippen LogP contribution in [0, 0.1) is 23.7 Å². The van der Waals surface area contributed by atoms with Crippen LogP contribution in [-0.4, -0.2) is 18.6 Å². The van der Waals surface area contributed by atoms with Gasteiger partial charge in [0.25, 0.3) is 5.91 Å². The van der Waals surface area contributed by atoms with Gasteiger partial charge in [-0.05, 0) is 65.5 Å². The second-order valence-electron chi connectivity index (χ2n) is 5.27. The number of allylic oxidation sites excluding steroid dienone is 1. The number of rotatable bonds is 7. The summed E-state index contributed by atoms with van der Waals surface area (Å²) in [5.74, 6) is 2.66. The number of terminal acetylenes is 1. The number of nitrogens with one attached hydrogen (secondary N) is 1. The number of benzene rings is 1. The topological polar surface area (TPSA) is 62.1 Å². The van der Waals surface area contributed by atoms with Crippen molar-refractivity contribution in [3.8, 4) is 24.2 Å². The Bertz CT molecular complexity index is 737. The average molecular weight is 387 g/mol. The molecule has 24 heavy (non-hydrogen) atoms. The predicted molar refractivity (Wildman–Crippen MR) is 99.2 cm³/mol. The first-order valence-corrected chi connectivity index (χ1v) is 8.14. The van der Waals surface area contributed by atoms with Gasteiger partial charge in [0, 0.05) is 6.04 Å². The molecule has 1 aromatic rings. The standard InChI is InChI=1S/C19H19BrN2O2/c1-5-7-15-9-14(11-17(20)18(15)24-8-6-2)10-16(12-21)19(23)22-13(3)4/h2,5,9-11,13H,1,7-8H2,3-4H3,(H,22,23)/b16-10-. The van der Waals surface area contributed by atoms with Gasteiger partial charge in [-0.3, -0.25) is 4.79 Å². The van der Waals surface area contributed by atoms with Crippen molar-refractivity contribution in [3.05, 3.63) is 46.0 Å². The highest BCUT2D eigenvalue weighted by molar-refractivity contribution is 9.10. The van der Waals surface area contributed by atoms with Crippen molar-refractivity contribution in [2.24, 2.45) is 0 Å². The van der Waals surface area contributed by atoms with Gasteiger partial charge in [0.15, 0.2) is 0 Å². The third-order valence-electron chi connectivity index (χ3n) is 2.90. The molecule has 5 heteroatoms. The second kappa shape index (κ2) is 9.60. The van der Waals surface area contributed by atoms with Crippen LogP contribution in [-0.2, 0) is 11.2 Å². The molecule has 0 atom stereocenters. The van der Waals surface area contributed by atoms with Crippen molar-refractivity contribution in [1.82, 2.24) is 5.32 Å². The smallest absolute Gasteiger partial charge is 0.262 e. The molecule has 1 rings (SSSR count). The van der Waals surface area contributed by atoms with E-state index in [0.29, 0.717) is 22.2 Å². The highest BCUT2D eigenvalue weighted by Gasteiger charge is 2.13. The van der Waals surface area contributed by atoms with Crippen LogP contribution in [0.3, 0.4) is 0 Å². The maximum Gasteiger partial charge on any atom is 0.262 e. The van der Waals surface area contributed by atoms with E-state index < -0.39 is 5.91 Å². The Morgan fingerprint density at radius 3 is 2.79 bits per heavy atom. The van der Waals surface area contributed by atoms with E-state index in [4.69, 9.17) is 11.2 Å². The summed E-state index contributed by atoms with van der Waals surface area (Å²) in [4.78, 5) is 12.0. The number of carbonyl (C=O) groups excluding carboxylic acids is 1. The minimum absolute atomic E-state index is 0.0393. The SMILES string of the molecule is C#CCOc1c(Br)cc(/C=C(/C#N)C(=O)NC(C)C)cc1CC=C. The van der Waals surface area contributed by atoms with E-state index in [1.807, 2.05) is 26.0 Å². The highest BCUT2D eigenvalue weighted by atomic mass is 79.9. The summed E-state index contributed by atoms with van der Waals surface area (Å²) in [7, 11) is 0. The summed E-state index contributed by atoms with van der Waals surface area (Å²) in [5.41, 5.74) is 1.61. The Morgan fingerprint density at radius 1 is 1.54 bits per heavy atom. The fraction of sp³-hybridized carbons (Fsp3) is 0.263. The molecule has 0 fully saturated rings. The van der Waals surface area contributed by atoms with E-state index in [0.717, 1.165) is 5.56 Å². The zero-order chi connectivity index (χ0) is 18.1. The van der Waals surface area contributed by atoms with Gasteiger partial charge in [-0.25, -0.2) is 0 Å². The number of carbonyl (C=O) groups is 1. The van der Waals surface area contributed by atoms with Crippen LogP contribution in [0.5, 0.6) is 5.75 Å². The minimum Gasteiger partial charge on any atom is -0.479 e. The summed E-state index contributed by atoms with van der Waals surface area (Å²) in [6, 6.07) is 5.51. The fourth-order valence-electron chi connectivity index (χ4n) is 1.99. The lowest BCUT2D eigenvalue weighted by atomic mass is 10.0. The summed E-state index contributed by atoms with van der Waals surface area (Å²) < 4.78 is 6.26. The van der Waals surface area contributed by atoms with E-state index in [1.165, 1.54) is 0 Å². The maximum atomic E-state index is 12.0. The number of halogens is 1. The third kappa shape index (κ3) is 5.61. The lowest BCUT2D eigenvalue weighted by molar-refractivity contribution is -0.117. The number of nitrogens with zero attached hydrogens (tertiary/aromatic N) is 1. The van der Waals surface area contributed by atoms with Crippen LogP contribution in [0.1, 0.15) is 25.0 Å². The third-order valence-corrected chi connectivity index (χ3v) is 3.49. The molecule has 0 unspecified atom stereocenters. The zero-order valence-corrected chi connectivity index (χ0v) is 15.3. The van der Waals surface area contributed by atoms with E-state index in [2.05, 4.69) is 33.7 Å². The van der Waals surface area contributed by atoms with Gasteiger partial charge in [0.05, 0.1) is 4.47 Å². The number of hydrogen-bond acceptors (Lipinski definition) is 3. The predicted octanol–water partition coefficient (Wildman–Crippen LogP) is 3.62. The summed E-state index contributed by atoms with van der Waals surface area (Å²) in [5, 5.41) is 11.9. The molecule has 124 valence electrons. The molecule has 0 aliphatic heterocycles. The molecule has 4 nitrogen and oxygen atoms in total. The molecule has 0 aliphatic rings. The van der Waals surface area contributed by atoms with Gasteiger partial charge in [0.2, 0.25) is 0 Å². The highest BCUT2D eigenvalue weighted by Crippen LogP contribution is 2.32. The fourth-order valence-corrected chi connectivity index (χ4v) is 2.63. The monoisotopic (exact) mass is 386 g/mol. The normalized spacial score (nSPS) is 10.7. The Morgan fingerprint density at radius 2 is 2.25 bits per heavy atom. The van der Waals surface area contributed by atoms with Crippen LogP contribution < -0.4 is 10.1 Å². The number of nitriles is 1. The zero-order valence-electron chi connectivity index (χ0n) is 13.7. The van der Waals surface area contributed by atoms with Crippen molar-refractivity contribution in [2.75, 3.05) is 6.61 Å². The molecule has 0 bridgehead atoms. The minimum atomic E-state index is -0.401. The lowest BCUT2D eigenvalue weighted by Crippen LogP contribution is -2.30. The largest absolute Gasteiger partial charge is 0.479 e. The van der Waals surface area contributed by atoms with E-state index >= 15 is 0 Å². The first-order chi connectivity index (χ1) is 11.4. The Hall–Kier alpha value is -2.50. The van der Waals surface area contributed by atoms with Gasteiger partial charge in [-0.1, -0.05) is 12.0 Å². The molecule has 0 aliphatic carbocycles. The lowest BCUT2D eigenvalue weighted by Gasteiger charge is -2.12. The van der Waals surface area contributed by atoms with Crippen LogP contribution in [0.15, 0.2) is 34.8 Å². The van der Waals surface area contributed by atoms with Crippen molar-refractivity contribution < 1.29 is 9.53 Å². The van der Waals surface area contributed by atoms with Crippen molar-refractivity contribution >= 4 is 27.9 Å². The first kappa shape index (κ1) is 19.5. The number of amides is 1. The number of ether oxygens (including phenoxy) is 1. The molecule has 1 aromatic carbocycles. The van der Waals surface area contributed by atoms with Gasteiger partial charge >= 0.3 is 0 Å². The van der Waals surface area contributed by atoms with Gasteiger partial charge in [-0.15, -0.1) is 13.0 Å².